The highest BCUT2D eigenvalue weighted by molar-refractivity contribution is 5.91. The van der Waals surface area contributed by atoms with Crippen molar-refractivity contribution in [1.29, 1.82) is 0 Å². The maximum absolute atomic E-state index is 12.4. The molecule has 0 fully saturated rings. The minimum absolute atomic E-state index is 0.0188. The standard InChI is InChI=1S/C21H24N2O3/c1-14-18(19-12-17(26-3)8-9-20(19)23-14)13-21(24)22-11-10-15-4-6-16(25-2)7-5-15/h4-9,12,23H,10-11,13H2,1-3H3,(H,22,24). The predicted molar refractivity (Wildman–Crippen MR) is 103 cm³/mol. The number of aryl methyl sites for hydroxylation is 1. The summed E-state index contributed by atoms with van der Waals surface area (Å²) in [4.78, 5) is 15.7. The average Bonchev–Trinajstić information content (AvgIpc) is 2.97. The van der Waals surface area contributed by atoms with Crippen LogP contribution >= 0.6 is 0 Å². The van der Waals surface area contributed by atoms with Gasteiger partial charge in [-0.15, -0.1) is 0 Å². The molecule has 0 saturated heterocycles. The number of benzene rings is 2. The monoisotopic (exact) mass is 352 g/mol. The second-order valence-electron chi connectivity index (χ2n) is 6.26. The zero-order chi connectivity index (χ0) is 18.5. The lowest BCUT2D eigenvalue weighted by molar-refractivity contribution is -0.120. The van der Waals surface area contributed by atoms with Crippen LogP contribution in [0.4, 0.5) is 0 Å². The van der Waals surface area contributed by atoms with Crippen LogP contribution in [0.1, 0.15) is 16.8 Å². The molecule has 0 aliphatic carbocycles. The van der Waals surface area contributed by atoms with Crippen molar-refractivity contribution in [2.45, 2.75) is 19.8 Å². The van der Waals surface area contributed by atoms with Crippen LogP contribution in [-0.4, -0.2) is 31.7 Å². The van der Waals surface area contributed by atoms with Gasteiger partial charge in [0.25, 0.3) is 0 Å². The van der Waals surface area contributed by atoms with Crippen molar-refractivity contribution in [3.8, 4) is 11.5 Å². The summed E-state index contributed by atoms with van der Waals surface area (Å²) in [6.07, 6.45) is 1.14. The normalized spacial score (nSPS) is 10.7. The quantitative estimate of drug-likeness (QED) is 0.685. The van der Waals surface area contributed by atoms with E-state index in [1.165, 1.54) is 5.56 Å². The van der Waals surface area contributed by atoms with Crippen LogP contribution in [0.5, 0.6) is 11.5 Å². The molecular weight excluding hydrogens is 328 g/mol. The van der Waals surface area contributed by atoms with E-state index in [1.54, 1.807) is 14.2 Å². The first-order valence-corrected chi connectivity index (χ1v) is 8.65. The Morgan fingerprint density at radius 2 is 1.73 bits per heavy atom. The van der Waals surface area contributed by atoms with Crippen molar-refractivity contribution in [1.82, 2.24) is 10.3 Å². The number of methoxy groups -OCH3 is 2. The highest BCUT2D eigenvalue weighted by Gasteiger charge is 2.13. The lowest BCUT2D eigenvalue weighted by Crippen LogP contribution is -2.27. The van der Waals surface area contributed by atoms with Gasteiger partial charge >= 0.3 is 0 Å². The summed E-state index contributed by atoms with van der Waals surface area (Å²) in [6.45, 7) is 2.60. The molecule has 0 saturated carbocycles. The van der Waals surface area contributed by atoms with Gasteiger partial charge in [0.1, 0.15) is 11.5 Å². The third-order valence-electron chi connectivity index (χ3n) is 4.56. The number of aromatic nitrogens is 1. The highest BCUT2D eigenvalue weighted by atomic mass is 16.5. The van der Waals surface area contributed by atoms with Gasteiger partial charge in [-0.05, 0) is 54.8 Å². The van der Waals surface area contributed by atoms with Gasteiger partial charge in [-0.1, -0.05) is 12.1 Å². The van der Waals surface area contributed by atoms with Gasteiger partial charge < -0.3 is 19.8 Å². The van der Waals surface area contributed by atoms with E-state index in [4.69, 9.17) is 9.47 Å². The summed E-state index contributed by atoms with van der Waals surface area (Å²) in [5, 5.41) is 4.04. The predicted octanol–water partition coefficient (Wildman–Crippen LogP) is 3.39. The summed E-state index contributed by atoms with van der Waals surface area (Å²) in [5.74, 6) is 1.64. The van der Waals surface area contributed by atoms with Crippen LogP contribution in [-0.2, 0) is 17.6 Å². The Morgan fingerprint density at radius 3 is 2.42 bits per heavy atom. The van der Waals surface area contributed by atoms with Gasteiger partial charge in [0.05, 0.1) is 20.6 Å². The molecule has 3 aromatic rings. The zero-order valence-electron chi connectivity index (χ0n) is 15.4. The molecule has 1 aromatic heterocycles. The molecular formula is C21H24N2O3. The number of carbonyl (C=O) groups excluding carboxylic acids is 1. The number of fused-ring (bicyclic) bond motifs is 1. The number of hydrogen-bond acceptors (Lipinski definition) is 3. The second kappa shape index (κ2) is 7.95. The first-order valence-electron chi connectivity index (χ1n) is 8.65. The van der Waals surface area contributed by atoms with Gasteiger partial charge in [-0.25, -0.2) is 0 Å². The van der Waals surface area contributed by atoms with Gasteiger partial charge in [0.15, 0.2) is 0 Å². The minimum atomic E-state index is 0.0188. The molecule has 26 heavy (non-hydrogen) atoms. The molecule has 0 atom stereocenters. The molecule has 2 aromatic carbocycles. The second-order valence-corrected chi connectivity index (χ2v) is 6.26. The number of ether oxygens (including phenoxy) is 2. The lowest BCUT2D eigenvalue weighted by Gasteiger charge is -2.07. The van der Waals surface area contributed by atoms with Crippen LogP contribution in [0.3, 0.4) is 0 Å². The van der Waals surface area contributed by atoms with Gasteiger partial charge in [-0.3, -0.25) is 4.79 Å². The molecule has 3 rings (SSSR count). The van der Waals surface area contributed by atoms with E-state index in [1.807, 2.05) is 49.4 Å². The van der Waals surface area contributed by atoms with E-state index < -0.39 is 0 Å². The van der Waals surface area contributed by atoms with Crippen LogP contribution in [0, 0.1) is 6.92 Å². The van der Waals surface area contributed by atoms with E-state index in [2.05, 4.69) is 10.3 Å². The molecule has 0 spiro atoms. The number of H-pyrrole nitrogens is 1. The van der Waals surface area contributed by atoms with Crippen molar-refractivity contribution >= 4 is 16.8 Å². The Bertz CT molecular complexity index is 898. The van der Waals surface area contributed by atoms with E-state index in [0.717, 1.165) is 40.1 Å². The van der Waals surface area contributed by atoms with Crippen LogP contribution in [0.25, 0.3) is 10.9 Å². The van der Waals surface area contributed by atoms with Gasteiger partial charge in [-0.2, -0.15) is 0 Å². The number of carbonyl (C=O) groups is 1. The lowest BCUT2D eigenvalue weighted by atomic mass is 10.1. The van der Waals surface area contributed by atoms with Gasteiger partial charge in [0, 0.05) is 23.1 Å². The summed E-state index contributed by atoms with van der Waals surface area (Å²) >= 11 is 0. The molecule has 0 unspecified atom stereocenters. The largest absolute Gasteiger partial charge is 0.497 e. The Morgan fingerprint density at radius 1 is 1.04 bits per heavy atom. The molecule has 1 amide bonds. The topological polar surface area (TPSA) is 63.3 Å². The number of aromatic amines is 1. The Labute approximate surface area is 153 Å². The first kappa shape index (κ1) is 17.9. The van der Waals surface area contributed by atoms with Crippen molar-refractivity contribution in [3.63, 3.8) is 0 Å². The number of amides is 1. The molecule has 1 heterocycles. The number of nitrogens with one attached hydrogen (secondary N) is 2. The summed E-state index contributed by atoms with van der Waals surface area (Å²) in [7, 11) is 3.30. The molecule has 5 nitrogen and oxygen atoms in total. The molecule has 5 heteroatoms. The zero-order valence-corrected chi connectivity index (χ0v) is 15.4. The Hall–Kier alpha value is -2.95. The molecule has 0 radical (unpaired) electrons. The molecule has 2 N–H and O–H groups in total. The molecule has 0 aliphatic rings. The maximum Gasteiger partial charge on any atom is 0.224 e. The minimum Gasteiger partial charge on any atom is -0.497 e. The van der Waals surface area contributed by atoms with Crippen molar-refractivity contribution in [2.24, 2.45) is 0 Å². The summed E-state index contributed by atoms with van der Waals surface area (Å²) in [6, 6.07) is 13.8. The maximum atomic E-state index is 12.4. The highest BCUT2D eigenvalue weighted by Crippen LogP contribution is 2.26. The molecule has 0 aliphatic heterocycles. The van der Waals surface area contributed by atoms with Crippen LogP contribution in [0.15, 0.2) is 42.5 Å². The van der Waals surface area contributed by atoms with Crippen LogP contribution in [0.2, 0.25) is 0 Å². The van der Waals surface area contributed by atoms with E-state index in [0.29, 0.717) is 13.0 Å². The average molecular weight is 352 g/mol. The fourth-order valence-corrected chi connectivity index (χ4v) is 3.08. The number of rotatable bonds is 7. The van der Waals surface area contributed by atoms with Gasteiger partial charge in [0.2, 0.25) is 5.91 Å². The molecule has 136 valence electrons. The fraction of sp³-hybridized carbons (Fsp3) is 0.286. The Kier molecular flexibility index (Phi) is 5.46. The van der Waals surface area contributed by atoms with Crippen LogP contribution < -0.4 is 14.8 Å². The van der Waals surface area contributed by atoms with E-state index in [9.17, 15) is 4.79 Å². The molecule has 0 bridgehead atoms. The third-order valence-corrected chi connectivity index (χ3v) is 4.56. The van der Waals surface area contributed by atoms with E-state index >= 15 is 0 Å². The Balaban J connectivity index is 1.60. The van der Waals surface area contributed by atoms with Crippen molar-refractivity contribution in [3.05, 3.63) is 59.3 Å². The summed E-state index contributed by atoms with van der Waals surface area (Å²) in [5.41, 5.74) is 4.21. The van der Waals surface area contributed by atoms with Crippen molar-refractivity contribution < 1.29 is 14.3 Å². The third kappa shape index (κ3) is 3.99. The van der Waals surface area contributed by atoms with Crippen molar-refractivity contribution in [2.75, 3.05) is 20.8 Å². The first-order chi connectivity index (χ1) is 12.6. The fourth-order valence-electron chi connectivity index (χ4n) is 3.08. The summed E-state index contributed by atoms with van der Waals surface area (Å²) < 4.78 is 10.5. The van der Waals surface area contributed by atoms with E-state index in [-0.39, 0.29) is 5.91 Å². The SMILES string of the molecule is COc1ccc(CCNC(=O)Cc2c(C)[nH]c3ccc(OC)cc23)cc1. The number of hydrogen-bond donors (Lipinski definition) is 2. The smallest absolute Gasteiger partial charge is 0.224 e.